The summed E-state index contributed by atoms with van der Waals surface area (Å²) in [6.07, 6.45) is -3.74. The summed E-state index contributed by atoms with van der Waals surface area (Å²) in [5, 5.41) is 8.48. The van der Waals surface area contributed by atoms with Gasteiger partial charge in [-0.1, -0.05) is 0 Å². The van der Waals surface area contributed by atoms with Crippen LogP contribution in [0.15, 0.2) is 18.3 Å². The molecule has 1 aliphatic rings. The largest absolute Gasteiger partial charge is 0.417 e. The van der Waals surface area contributed by atoms with Gasteiger partial charge in [0.05, 0.1) is 11.6 Å². The van der Waals surface area contributed by atoms with E-state index in [1.54, 1.807) is 11.0 Å². The van der Waals surface area contributed by atoms with E-state index in [1.807, 2.05) is 4.90 Å². The van der Waals surface area contributed by atoms with Gasteiger partial charge in [-0.2, -0.15) is 18.4 Å². The van der Waals surface area contributed by atoms with Crippen LogP contribution in [0.5, 0.6) is 0 Å². The van der Waals surface area contributed by atoms with E-state index in [4.69, 9.17) is 5.26 Å². The van der Waals surface area contributed by atoms with Crippen LogP contribution in [0, 0.1) is 11.3 Å². The van der Waals surface area contributed by atoms with E-state index < -0.39 is 11.7 Å². The lowest BCUT2D eigenvalue weighted by molar-refractivity contribution is -0.137. The van der Waals surface area contributed by atoms with Gasteiger partial charge < -0.3 is 9.80 Å². The van der Waals surface area contributed by atoms with Gasteiger partial charge in [-0.05, 0) is 12.1 Å². The van der Waals surface area contributed by atoms with Crippen molar-refractivity contribution < 1.29 is 18.0 Å². The summed E-state index contributed by atoms with van der Waals surface area (Å²) in [4.78, 5) is 18.8. The van der Waals surface area contributed by atoms with Crippen LogP contribution in [0.4, 0.5) is 19.0 Å². The van der Waals surface area contributed by atoms with Crippen LogP contribution in [0.1, 0.15) is 12.0 Å². The van der Waals surface area contributed by atoms with Gasteiger partial charge in [0.2, 0.25) is 5.91 Å². The monoisotopic (exact) mass is 298 g/mol. The van der Waals surface area contributed by atoms with Crippen LogP contribution >= 0.6 is 0 Å². The third-order valence-corrected chi connectivity index (χ3v) is 3.26. The van der Waals surface area contributed by atoms with Gasteiger partial charge in [0.25, 0.3) is 0 Å². The molecule has 1 aromatic heterocycles. The van der Waals surface area contributed by atoms with Crippen molar-refractivity contribution in [1.82, 2.24) is 9.88 Å². The van der Waals surface area contributed by atoms with Crippen molar-refractivity contribution in [3.8, 4) is 6.07 Å². The fourth-order valence-corrected chi connectivity index (χ4v) is 2.11. The number of carbonyl (C=O) groups excluding carboxylic acids is 1. The maximum atomic E-state index is 12.5. The molecule has 112 valence electrons. The number of pyridine rings is 1. The highest BCUT2D eigenvalue weighted by Gasteiger charge is 2.31. The van der Waals surface area contributed by atoms with Crippen LogP contribution in [0.3, 0.4) is 0 Å². The Morgan fingerprint density at radius 3 is 2.43 bits per heavy atom. The number of rotatable bonds is 2. The molecule has 21 heavy (non-hydrogen) atoms. The molecule has 0 radical (unpaired) electrons. The molecular weight excluding hydrogens is 285 g/mol. The Hall–Kier alpha value is -2.30. The first-order chi connectivity index (χ1) is 9.91. The van der Waals surface area contributed by atoms with E-state index >= 15 is 0 Å². The Balaban J connectivity index is 1.97. The Morgan fingerprint density at radius 2 is 1.95 bits per heavy atom. The minimum absolute atomic E-state index is 0.154. The Bertz CT molecular complexity index is 542. The van der Waals surface area contributed by atoms with Gasteiger partial charge >= 0.3 is 6.18 Å². The number of nitriles is 1. The van der Waals surface area contributed by atoms with Crippen LogP contribution in [0.25, 0.3) is 0 Å². The van der Waals surface area contributed by atoms with E-state index in [0.29, 0.717) is 32.0 Å². The summed E-state index contributed by atoms with van der Waals surface area (Å²) < 4.78 is 37.4. The molecule has 0 N–H and O–H groups in total. The molecular formula is C13H13F3N4O. The second kappa shape index (κ2) is 5.99. The topological polar surface area (TPSA) is 60.2 Å². The van der Waals surface area contributed by atoms with Gasteiger partial charge in [-0.25, -0.2) is 4.98 Å². The second-order valence-corrected chi connectivity index (χ2v) is 4.61. The summed E-state index contributed by atoms with van der Waals surface area (Å²) in [6.45, 7) is 1.83. The summed E-state index contributed by atoms with van der Waals surface area (Å²) in [5.74, 6) is 0.230. The highest BCUT2D eigenvalue weighted by atomic mass is 19.4. The molecule has 0 aromatic carbocycles. The molecule has 0 aliphatic carbocycles. The van der Waals surface area contributed by atoms with Crippen molar-refractivity contribution in [2.45, 2.75) is 12.6 Å². The van der Waals surface area contributed by atoms with E-state index in [0.717, 1.165) is 12.3 Å². The molecule has 5 nitrogen and oxygen atoms in total. The van der Waals surface area contributed by atoms with Crippen LogP contribution in [0.2, 0.25) is 0 Å². The summed E-state index contributed by atoms with van der Waals surface area (Å²) >= 11 is 0. The van der Waals surface area contributed by atoms with E-state index in [2.05, 4.69) is 4.98 Å². The number of carbonyl (C=O) groups is 1. The summed E-state index contributed by atoms with van der Waals surface area (Å²) in [5.41, 5.74) is -0.783. The fraction of sp³-hybridized carbons (Fsp3) is 0.462. The molecule has 0 saturated carbocycles. The number of piperazine rings is 1. The Kier molecular flexibility index (Phi) is 4.31. The molecule has 1 saturated heterocycles. The number of nitrogens with zero attached hydrogens (tertiary/aromatic N) is 4. The summed E-state index contributed by atoms with van der Waals surface area (Å²) in [6, 6.07) is 4.13. The fourth-order valence-electron chi connectivity index (χ4n) is 2.11. The van der Waals surface area contributed by atoms with Crippen LogP contribution in [-0.2, 0) is 11.0 Å². The first-order valence-corrected chi connectivity index (χ1v) is 6.35. The standard InChI is InChI=1S/C13H13F3N4O/c14-13(15,16)10-1-2-11(18-9-10)19-5-7-20(8-6-19)12(21)3-4-17/h1-2,9H,3,5-8H2. The molecule has 0 bridgehead atoms. The molecule has 1 aliphatic heterocycles. The minimum Gasteiger partial charge on any atom is -0.353 e. The lowest BCUT2D eigenvalue weighted by Crippen LogP contribution is -2.48. The second-order valence-electron chi connectivity index (χ2n) is 4.61. The third kappa shape index (κ3) is 3.62. The minimum atomic E-state index is -4.39. The Morgan fingerprint density at radius 1 is 1.29 bits per heavy atom. The first-order valence-electron chi connectivity index (χ1n) is 6.35. The van der Waals surface area contributed by atoms with Crippen molar-refractivity contribution in [3.05, 3.63) is 23.9 Å². The molecule has 1 amide bonds. The van der Waals surface area contributed by atoms with E-state index in [1.165, 1.54) is 6.07 Å². The quantitative estimate of drug-likeness (QED) is 0.833. The SMILES string of the molecule is N#CCC(=O)N1CCN(c2ccc(C(F)(F)F)cn2)CC1. The zero-order chi connectivity index (χ0) is 15.5. The number of amides is 1. The van der Waals surface area contributed by atoms with Crippen molar-refractivity contribution in [3.63, 3.8) is 0 Å². The molecule has 0 unspecified atom stereocenters. The number of hydrogen-bond acceptors (Lipinski definition) is 4. The highest BCUT2D eigenvalue weighted by Crippen LogP contribution is 2.29. The number of aromatic nitrogens is 1. The highest BCUT2D eigenvalue weighted by molar-refractivity contribution is 5.78. The van der Waals surface area contributed by atoms with Crippen molar-refractivity contribution >= 4 is 11.7 Å². The van der Waals surface area contributed by atoms with Crippen molar-refractivity contribution in [2.24, 2.45) is 0 Å². The van der Waals surface area contributed by atoms with Gasteiger partial charge in [0, 0.05) is 32.4 Å². The first kappa shape index (κ1) is 15.1. The predicted molar refractivity (Wildman–Crippen MR) is 68.3 cm³/mol. The zero-order valence-corrected chi connectivity index (χ0v) is 11.1. The average Bonchev–Trinajstić information content (AvgIpc) is 2.47. The van der Waals surface area contributed by atoms with E-state index in [-0.39, 0.29) is 12.3 Å². The molecule has 1 fully saturated rings. The number of alkyl halides is 3. The predicted octanol–water partition coefficient (Wildman–Crippen LogP) is 1.66. The zero-order valence-electron chi connectivity index (χ0n) is 11.1. The average molecular weight is 298 g/mol. The third-order valence-electron chi connectivity index (χ3n) is 3.26. The molecule has 2 rings (SSSR count). The molecule has 2 heterocycles. The number of anilines is 1. The lowest BCUT2D eigenvalue weighted by atomic mass is 10.2. The smallest absolute Gasteiger partial charge is 0.353 e. The number of hydrogen-bond donors (Lipinski definition) is 0. The Labute approximate surface area is 119 Å². The molecule has 8 heteroatoms. The van der Waals surface area contributed by atoms with Crippen molar-refractivity contribution in [2.75, 3.05) is 31.1 Å². The van der Waals surface area contributed by atoms with Crippen molar-refractivity contribution in [1.29, 1.82) is 5.26 Å². The van der Waals surface area contributed by atoms with Gasteiger partial charge in [-0.3, -0.25) is 4.79 Å². The van der Waals surface area contributed by atoms with E-state index in [9.17, 15) is 18.0 Å². The maximum Gasteiger partial charge on any atom is 0.417 e. The lowest BCUT2D eigenvalue weighted by Gasteiger charge is -2.35. The van der Waals surface area contributed by atoms with Crippen LogP contribution < -0.4 is 4.90 Å². The van der Waals surface area contributed by atoms with Gasteiger partial charge in [-0.15, -0.1) is 0 Å². The van der Waals surface area contributed by atoms with Gasteiger partial charge in [0.1, 0.15) is 12.2 Å². The van der Waals surface area contributed by atoms with Crippen LogP contribution in [-0.4, -0.2) is 42.0 Å². The van der Waals surface area contributed by atoms with Gasteiger partial charge in [0.15, 0.2) is 0 Å². The molecule has 0 atom stereocenters. The molecule has 0 spiro atoms. The summed E-state index contributed by atoms with van der Waals surface area (Å²) in [7, 11) is 0. The normalized spacial score (nSPS) is 15.7. The maximum absolute atomic E-state index is 12.5. The number of halogens is 3. The molecule has 1 aromatic rings.